The van der Waals surface area contributed by atoms with E-state index in [-0.39, 0.29) is 34.2 Å². The Bertz CT molecular complexity index is 1230. The van der Waals surface area contributed by atoms with Crippen molar-refractivity contribution in [3.8, 4) is 11.4 Å². The van der Waals surface area contributed by atoms with Gasteiger partial charge in [-0.2, -0.15) is 4.98 Å². The molecule has 3 aromatic heterocycles. The number of aryl methyl sites for hydroxylation is 1. The SMILES string of the molecule is Cc1noc2nc(-c3cc(Cl)ccc3F)nc(Nc3ccncc3C(=O)O)c12. The number of hydrogen-bond donors (Lipinski definition) is 2. The molecule has 140 valence electrons. The highest BCUT2D eigenvalue weighted by Crippen LogP contribution is 2.32. The summed E-state index contributed by atoms with van der Waals surface area (Å²) >= 11 is 5.97. The van der Waals surface area contributed by atoms with Crippen molar-refractivity contribution in [1.82, 2.24) is 20.1 Å². The Balaban J connectivity index is 1.92. The van der Waals surface area contributed by atoms with Crippen molar-refractivity contribution in [2.75, 3.05) is 5.32 Å². The average Bonchev–Trinajstić information content (AvgIpc) is 3.05. The molecule has 0 amide bonds. The fraction of sp³-hybridized carbons (Fsp3) is 0.0556. The number of nitrogens with one attached hydrogen (secondary N) is 1. The molecule has 2 N–H and O–H groups in total. The molecule has 28 heavy (non-hydrogen) atoms. The number of anilines is 2. The van der Waals surface area contributed by atoms with Crippen LogP contribution in [0.25, 0.3) is 22.5 Å². The average molecular weight is 400 g/mol. The first-order valence-corrected chi connectivity index (χ1v) is 8.35. The van der Waals surface area contributed by atoms with Gasteiger partial charge in [0.25, 0.3) is 5.71 Å². The van der Waals surface area contributed by atoms with Gasteiger partial charge in [0.2, 0.25) is 0 Å². The molecule has 0 saturated heterocycles. The number of carbonyl (C=O) groups is 1. The van der Waals surface area contributed by atoms with Gasteiger partial charge in [-0.1, -0.05) is 16.8 Å². The molecule has 0 unspecified atom stereocenters. The van der Waals surface area contributed by atoms with E-state index in [1.807, 2.05) is 0 Å². The van der Waals surface area contributed by atoms with Gasteiger partial charge in [0.05, 0.1) is 16.9 Å². The molecule has 0 radical (unpaired) electrons. The number of aromatic nitrogens is 4. The normalized spacial score (nSPS) is 11.0. The number of nitrogens with zero attached hydrogens (tertiary/aromatic N) is 4. The van der Waals surface area contributed by atoms with E-state index in [9.17, 15) is 14.3 Å². The molecule has 4 rings (SSSR count). The van der Waals surface area contributed by atoms with Gasteiger partial charge in [0.15, 0.2) is 5.82 Å². The van der Waals surface area contributed by atoms with Crippen LogP contribution >= 0.6 is 11.6 Å². The Labute approximate surface area is 162 Å². The molecule has 0 saturated carbocycles. The number of pyridine rings is 1. The Morgan fingerprint density at radius 1 is 1.29 bits per heavy atom. The number of aromatic carboxylic acids is 1. The molecule has 0 bridgehead atoms. The minimum Gasteiger partial charge on any atom is -0.478 e. The summed E-state index contributed by atoms with van der Waals surface area (Å²) in [6.07, 6.45) is 2.65. The lowest BCUT2D eigenvalue weighted by atomic mass is 10.2. The monoisotopic (exact) mass is 399 g/mol. The molecule has 0 aliphatic carbocycles. The number of rotatable bonds is 4. The maximum atomic E-state index is 14.3. The van der Waals surface area contributed by atoms with Crippen LogP contribution in [0.1, 0.15) is 16.1 Å². The summed E-state index contributed by atoms with van der Waals surface area (Å²) in [7, 11) is 0. The highest BCUT2D eigenvalue weighted by molar-refractivity contribution is 6.30. The first kappa shape index (κ1) is 17.8. The zero-order valence-corrected chi connectivity index (χ0v) is 15.0. The third kappa shape index (κ3) is 3.12. The number of halogens is 2. The van der Waals surface area contributed by atoms with Crippen LogP contribution in [0.3, 0.4) is 0 Å². The maximum absolute atomic E-state index is 14.3. The van der Waals surface area contributed by atoms with Gasteiger partial charge in [-0.3, -0.25) is 4.98 Å². The molecule has 4 aromatic rings. The van der Waals surface area contributed by atoms with Crippen LogP contribution in [0.5, 0.6) is 0 Å². The summed E-state index contributed by atoms with van der Waals surface area (Å²) in [5, 5.41) is 16.9. The predicted octanol–water partition coefficient (Wildman–Crippen LogP) is 4.22. The number of fused-ring (bicyclic) bond motifs is 1. The van der Waals surface area contributed by atoms with Crippen LogP contribution in [0.15, 0.2) is 41.2 Å². The topological polar surface area (TPSA) is 114 Å². The highest BCUT2D eigenvalue weighted by atomic mass is 35.5. The van der Waals surface area contributed by atoms with Crippen molar-refractivity contribution in [1.29, 1.82) is 0 Å². The largest absolute Gasteiger partial charge is 0.478 e. The van der Waals surface area contributed by atoms with Gasteiger partial charge in [0, 0.05) is 17.4 Å². The summed E-state index contributed by atoms with van der Waals surface area (Å²) in [6.45, 7) is 1.69. The first-order valence-electron chi connectivity index (χ1n) is 7.98. The molecule has 1 aromatic carbocycles. The molecule has 0 spiro atoms. The van der Waals surface area contributed by atoms with Gasteiger partial charge >= 0.3 is 5.97 Å². The van der Waals surface area contributed by atoms with Crippen LogP contribution in [0, 0.1) is 12.7 Å². The summed E-state index contributed by atoms with van der Waals surface area (Å²) in [4.78, 5) is 23.9. The Kier molecular flexibility index (Phi) is 4.36. The number of carboxylic acids is 1. The number of benzene rings is 1. The van der Waals surface area contributed by atoms with Gasteiger partial charge in [-0.15, -0.1) is 0 Å². The minimum absolute atomic E-state index is 0.0112. The molecule has 0 fully saturated rings. The molecular formula is C18H11ClFN5O3. The Hall–Kier alpha value is -3.59. The summed E-state index contributed by atoms with van der Waals surface area (Å²) in [6, 6.07) is 5.49. The number of hydrogen-bond acceptors (Lipinski definition) is 7. The van der Waals surface area contributed by atoms with E-state index in [0.717, 1.165) is 0 Å². The Morgan fingerprint density at radius 2 is 2.11 bits per heavy atom. The van der Waals surface area contributed by atoms with Gasteiger partial charge < -0.3 is 14.9 Å². The third-order valence-electron chi connectivity index (χ3n) is 3.98. The highest BCUT2D eigenvalue weighted by Gasteiger charge is 2.20. The van der Waals surface area contributed by atoms with Crippen LogP contribution in [0.2, 0.25) is 5.02 Å². The third-order valence-corrected chi connectivity index (χ3v) is 4.22. The molecule has 8 nitrogen and oxygen atoms in total. The maximum Gasteiger partial charge on any atom is 0.339 e. The first-order chi connectivity index (χ1) is 13.4. The fourth-order valence-corrected chi connectivity index (χ4v) is 2.84. The van der Waals surface area contributed by atoms with E-state index in [0.29, 0.717) is 16.1 Å². The van der Waals surface area contributed by atoms with E-state index in [4.69, 9.17) is 16.1 Å². The van der Waals surface area contributed by atoms with Crippen LogP contribution < -0.4 is 5.32 Å². The van der Waals surface area contributed by atoms with Crippen molar-refractivity contribution in [3.63, 3.8) is 0 Å². The van der Waals surface area contributed by atoms with Gasteiger partial charge in [-0.25, -0.2) is 14.2 Å². The smallest absolute Gasteiger partial charge is 0.339 e. The summed E-state index contributed by atoms with van der Waals surface area (Å²) in [5.74, 6) is -1.51. The Morgan fingerprint density at radius 3 is 2.89 bits per heavy atom. The quantitative estimate of drug-likeness (QED) is 0.524. The van der Waals surface area contributed by atoms with Crippen molar-refractivity contribution in [3.05, 3.63) is 58.8 Å². The molecular weight excluding hydrogens is 389 g/mol. The lowest BCUT2D eigenvalue weighted by molar-refractivity contribution is 0.0697. The lowest BCUT2D eigenvalue weighted by Gasteiger charge is -2.11. The molecule has 0 aliphatic rings. The zero-order valence-electron chi connectivity index (χ0n) is 14.3. The van der Waals surface area contributed by atoms with Crippen molar-refractivity contribution >= 4 is 40.2 Å². The standard InChI is InChI=1S/C18H11ClFN5O3/c1-8-14-16(22-13-4-5-21-7-11(13)18(26)27)23-15(24-17(14)28-25-8)10-6-9(19)2-3-12(10)20/h2-7H,1H3,(H,26,27)(H,21,22,23,24). The molecule has 3 heterocycles. The minimum atomic E-state index is -1.16. The van der Waals surface area contributed by atoms with Crippen molar-refractivity contribution < 1.29 is 18.8 Å². The van der Waals surface area contributed by atoms with E-state index in [2.05, 4.69) is 25.4 Å². The molecule has 10 heteroatoms. The van der Waals surface area contributed by atoms with E-state index in [1.165, 1.54) is 36.7 Å². The zero-order chi connectivity index (χ0) is 19.8. The second kappa shape index (κ2) is 6.86. The second-order valence-corrected chi connectivity index (χ2v) is 6.26. The van der Waals surface area contributed by atoms with Crippen molar-refractivity contribution in [2.24, 2.45) is 0 Å². The van der Waals surface area contributed by atoms with E-state index in [1.54, 1.807) is 6.92 Å². The van der Waals surface area contributed by atoms with Crippen LogP contribution in [-0.2, 0) is 0 Å². The fourth-order valence-electron chi connectivity index (χ4n) is 2.67. The number of carboxylic acid groups (broad SMARTS) is 1. The van der Waals surface area contributed by atoms with E-state index >= 15 is 0 Å². The van der Waals surface area contributed by atoms with Gasteiger partial charge in [-0.05, 0) is 31.2 Å². The molecule has 0 atom stereocenters. The van der Waals surface area contributed by atoms with Crippen LogP contribution in [-0.4, -0.2) is 31.2 Å². The second-order valence-electron chi connectivity index (χ2n) is 5.82. The predicted molar refractivity (Wildman–Crippen MR) is 99.2 cm³/mol. The van der Waals surface area contributed by atoms with E-state index < -0.39 is 11.8 Å². The van der Waals surface area contributed by atoms with Crippen LogP contribution in [0.4, 0.5) is 15.9 Å². The molecule has 0 aliphatic heterocycles. The summed E-state index contributed by atoms with van der Waals surface area (Å²) in [5.41, 5.74) is 0.871. The van der Waals surface area contributed by atoms with Gasteiger partial charge in [0.1, 0.15) is 22.6 Å². The summed E-state index contributed by atoms with van der Waals surface area (Å²) < 4.78 is 19.5. The lowest BCUT2D eigenvalue weighted by Crippen LogP contribution is -2.05. The van der Waals surface area contributed by atoms with Crippen molar-refractivity contribution in [2.45, 2.75) is 6.92 Å².